The molecule has 4 rings (SSSR count). The van der Waals surface area contributed by atoms with Crippen LogP contribution < -0.4 is 9.64 Å². The van der Waals surface area contributed by atoms with E-state index in [0.29, 0.717) is 12.2 Å². The average Bonchev–Trinajstić information content (AvgIpc) is 2.87. The number of nitrogens with zero attached hydrogens (tertiary/aromatic N) is 1. The molecule has 0 spiro atoms. The molecule has 0 bridgehead atoms. The molecule has 0 aromatic heterocycles. The first-order valence-electron chi connectivity index (χ1n) is 11.5. The summed E-state index contributed by atoms with van der Waals surface area (Å²) < 4.78 is 5.88. The molecule has 3 nitrogen and oxygen atoms in total. The largest absolute Gasteiger partial charge is 0.489 e. The zero-order valence-corrected chi connectivity index (χ0v) is 18.1. The number of carbonyl (C=O) groups is 1. The number of para-hydroxylation sites is 1. The van der Waals surface area contributed by atoms with Crippen molar-refractivity contribution in [3.8, 4) is 5.75 Å². The fourth-order valence-electron chi connectivity index (χ4n) is 4.20. The molecule has 3 aromatic carbocycles. The highest BCUT2D eigenvalue weighted by Crippen LogP contribution is 2.27. The summed E-state index contributed by atoms with van der Waals surface area (Å²) in [5.41, 5.74) is 4.18. The summed E-state index contributed by atoms with van der Waals surface area (Å²) in [4.78, 5) is 15.5. The number of carbonyl (C=O) groups excluding carboxylic acids is 1. The highest BCUT2D eigenvalue weighted by atomic mass is 16.5. The van der Waals surface area contributed by atoms with Crippen LogP contribution >= 0.6 is 0 Å². The number of aryl methyl sites for hydroxylation is 1. The van der Waals surface area contributed by atoms with Crippen LogP contribution in [0.5, 0.6) is 5.75 Å². The summed E-state index contributed by atoms with van der Waals surface area (Å²) in [7, 11) is 0. The minimum Gasteiger partial charge on any atom is -0.489 e. The van der Waals surface area contributed by atoms with Crippen molar-refractivity contribution in [3.05, 3.63) is 95.6 Å². The van der Waals surface area contributed by atoms with E-state index in [1.165, 1.54) is 37.7 Å². The first-order valence-corrected chi connectivity index (χ1v) is 11.5. The molecule has 0 radical (unpaired) electrons. The average molecular weight is 414 g/mol. The molecule has 0 unspecified atom stereocenters. The molecule has 3 heteroatoms. The van der Waals surface area contributed by atoms with E-state index in [9.17, 15) is 4.79 Å². The number of benzene rings is 3. The molecule has 1 heterocycles. The van der Waals surface area contributed by atoms with Crippen LogP contribution in [0.3, 0.4) is 0 Å². The second-order valence-corrected chi connectivity index (χ2v) is 8.26. The van der Waals surface area contributed by atoms with E-state index in [0.717, 1.165) is 36.4 Å². The van der Waals surface area contributed by atoms with Gasteiger partial charge in [-0.2, -0.15) is 0 Å². The van der Waals surface area contributed by atoms with Gasteiger partial charge in [-0.15, -0.1) is 0 Å². The summed E-state index contributed by atoms with van der Waals surface area (Å²) in [6, 6.07) is 26.1. The lowest BCUT2D eigenvalue weighted by Gasteiger charge is -2.25. The highest BCUT2D eigenvalue weighted by molar-refractivity contribution is 6.06. The Kier molecular flexibility index (Phi) is 7.38. The molecule has 0 fully saturated rings. The standard InChI is InChI=1S/C28H31NO2/c30-28(25-17-19-26(20-18-25)31-22-23-12-6-5-7-13-23)29-21-11-4-2-1-3-8-14-24-15-9-10-16-27(24)29/h5-7,9-10,12-13,15-20H,1-4,8,11,14,21-22H2. The lowest BCUT2D eigenvalue weighted by molar-refractivity contribution is 0.0986. The van der Waals surface area contributed by atoms with Gasteiger partial charge < -0.3 is 9.64 Å². The summed E-state index contributed by atoms with van der Waals surface area (Å²) in [5, 5.41) is 0. The quantitative estimate of drug-likeness (QED) is 0.470. The van der Waals surface area contributed by atoms with Crippen LogP contribution in [0.2, 0.25) is 0 Å². The predicted molar refractivity (Wildman–Crippen MR) is 127 cm³/mol. The van der Waals surface area contributed by atoms with Crippen LogP contribution in [-0.4, -0.2) is 12.5 Å². The molecule has 0 saturated heterocycles. The number of anilines is 1. The minimum atomic E-state index is 0.0707. The smallest absolute Gasteiger partial charge is 0.258 e. The number of hydrogen-bond donors (Lipinski definition) is 0. The van der Waals surface area contributed by atoms with Gasteiger partial charge in [-0.3, -0.25) is 4.79 Å². The maximum Gasteiger partial charge on any atom is 0.258 e. The Bertz CT molecular complexity index is 966. The van der Waals surface area contributed by atoms with Crippen molar-refractivity contribution < 1.29 is 9.53 Å². The third kappa shape index (κ3) is 5.75. The summed E-state index contributed by atoms with van der Waals surface area (Å²) in [6.07, 6.45) is 8.26. The maximum absolute atomic E-state index is 13.5. The normalized spacial score (nSPS) is 14.9. The molecular formula is C28H31NO2. The fraction of sp³-hybridized carbons (Fsp3) is 0.321. The van der Waals surface area contributed by atoms with Gasteiger partial charge in [0.15, 0.2) is 0 Å². The van der Waals surface area contributed by atoms with E-state index < -0.39 is 0 Å². The van der Waals surface area contributed by atoms with E-state index in [4.69, 9.17) is 4.74 Å². The molecule has 1 amide bonds. The van der Waals surface area contributed by atoms with Crippen molar-refractivity contribution in [2.75, 3.05) is 11.4 Å². The molecule has 0 N–H and O–H groups in total. The van der Waals surface area contributed by atoms with Gasteiger partial charge >= 0.3 is 0 Å². The SMILES string of the molecule is O=C(c1ccc(OCc2ccccc2)cc1)N1CCCCCCCCc2ccccc21. The van der Waals surface area contributed by atoms with Gasteiger partial charge in [0.2, 0.25) is 0 Å². The Morgan fingerprint density at radius 2 is 1.42 bits per heavy atom. The zero-order valence-electron chi connectivity index (χ0n) is 18.1. The molecule has 0 aliphatic carbocycles. The van der Waals surface area contributed by atoms with Gasteiger partial charge in [0.25, 0.3) is 5.91 Å². The van der Waals surface area contributed by atoms with Gasteiger partial charge in [0.1, 0.15) is 12.4 Å². The van der Waals surface area contributed by atoms with Crippen molar-refractivity contribution in [2.24, 2.45) is 0 Å². The predicted octanol–water partition coefficient (Wildman–Crippen LogP) is 6.81. The molecule has 0 atom stereocenters. The van der Waals surface area contributed by atoms with E-state index in [-0.39, 0.29) is 5.91 Å². The molecule has 160 valence electrons. The first kappa shape index (κ1) is 21.2. The van der Waals surface area contributed by atoms with Crippen molar-refractivity contribution >= 4 is 11.6 Å². The van der Waals surface area contributed by atoms with Crippen molar-refractivity contribution in [1.29, 1.82) is 0 Å². The summed E-state index contributed by atoms with van der Waals surface area (Å²) in [5.74, 6) is 0.847. The Morgan fingerprint density at radius 3 is 2.23 bits per heavy atom. The Labute approximate surface area is 185 Å². The van der Waals surface area contributed by atoms with Crippen molar-refractivity contribution in [3.63, 3.8) is 0 Å². The second kappa shape index (κ2) is 10.8. The van der Waals surface area contributed by atoms with Crippen LogP contribution in [0.1, 0.15) is 60.0 Å². The summed E-state index contributed by atoms with van der Waals surface area (Å²) >= 11 is 0. The Morgan fingerprint density at radius 1 is 0.742 bits per heavy atom. The molecule has 3 aromatic rings. The highest BCUT2D eigenvalue weighted by Gasteiger charge is 2.20. The Hall–Kier alpha value is -3.07. The van der Waals surface area contributed by atoms with Crippen LogP contribution in [0, 0.1) is 0 Å². The first-order chi connectivity index (χ1) is 15.3. The monoisotopic (exact) mass is 413 g/mol. The number of ether oxygens (including phenoxy) is 1. The van der Waals surface area contributed by atoms with Gasteiger partial charge in [0, 0.05) is 17.8 Å². The molecule has 1 aliphatic heterocycles. The van der Waals surface area contributed by atoms with E-state index in [1.54, 1.807) is 0 Å². The van der Waals surface area contributed by atoms with Gasteiger partial charge in [-0.1, -0.05) is 74.2 Å². The lowest BCUT2D eigenvalue weighted by Crippen LogP contribution is -2.32. The Balaban J connectivity index is 1.50. The topological polar surface area (TPSA) is 29.5 Å². The maximum atomic E-state index is 13.5. The van der Waals surface area contributed by atoms with Crippen LogP contribution in [0.25, 0.3) is 0 Å². The summed E-state index contributed by atoms with van der Waals surface area (Å²) in [6.45, 7) is 1.29. The number of fused-ring (bicyclic) bond motifs is 1. The lowest BCUT2D eigenvalue weighted by atomic mass is 10.0. The molecule has 0 saturated carbocycles. The fourth-order valence-corrected chi connectivity index (χ4v) is 4.20. The minimum absolute atomic E-state index is 0.0707. The third-order valence-electron chi connectivity index (χ3n) is 5.95. The number of amides is 1. The van der Waals surface area contributed by atoms with Crippen molar-refractivity contribution in [2.45, 2.75) is 51.6 Å². The number of hydrogen-bond acceptors (Lipinski definition) is 2. The molecular weight excluding hydrogens is 382 g/mol. The molecule has 31 heavy (non-hydrogen) atoms. The third-order valence-corrected chi connectivity index (χ3v) is 5.95. The second-order valence-electron chi connectivity index (χ2n) is 8.26. The van der Waals surface area contributed by atoms with Crippen LogP contribution in [0.4, 0.5) is 5.69 Å². The van der Waals surface area contributed by atoms with Gasteiger partial charge in [-0.05, 0) is 60.7 Å². The van der Waals surface area contributed by atoms with Gasteiger partial charge in [-0.25, -0.2) is 0 Å². The number of rotatable bonds is 4. The van der Waals surface area contributed by atoms with E-state index in [1.807, 2.05) is 65.6 Å². The van der Waals surface area contributed by atoms with E-state index in [2.05, 4.69) is 18.2 Å². The molecule has 1 aliphatic rings. The zero-order chi connectivity index (χ0) is 21.3. The van der Waals surface area contributed by atoms with Crippen LogP contribution in [-0.2, 0) is 13.0 Å². The van der Waals surface area contributed by atoms with Crippen LogP contribution in [0.15, 0.2) is 78.9 Å². The van der Waals surface area contributed by atoms with Gasteiger partial charge in [0.05, 0.1) is 0 Å². The van der Waals surface area contributed by atoms with Crippen molar-refractivity contribution in [1.82, 2.24) is 0 Å². The van der Waals surface area contributed by atoms with E-state index >= 15 is 0 Å².